The molecule has 2 saturated heterocycles. The third-order valence-corrected chi connectivity index (χ3v) is 6.65. The van der Waals surface area contributed by atoms with Gasteiger partial charge in [-0.2, -0.15) is 0 Å². The van der Waals surface area contributed by atoms with Crippen LogP contribution in [-0.2, 0) is 0 Å². The molecule has 0 spiro atoms. The molecule has 4 rings (SSSR count). The number of halogens is 1. The number of benzene rings is 2. The van der Waals surface area contributed by atoms with Crippen LogP contribution in [0.3, 0.4) is 0 Å². The number of nitrogens with one attached hydrogen (secondary N) is 1. The zero-order valence-corrected chi connectivity index (χ0v) is 18.1. The van der Waals surface area contributed by atoms with Crippen LogP contribution >= 0.6 is 11.6 Å². The third-order valence-electron chi connectivity index (χ3n) is 6.24. The maximum absolute atomic E-state index is 12.7. The Balaban J connectivity index is 1.18. The van der Waals surface area contributed by atoms with Crippen molar-refractivity contribution in [1.29, 1.82) is 0 Å². The molecular weight excluding hydrogens is 398 g/mol. The number of amides is 2. The second kappa shape index (κ2) is 9.19. The molecule has 2 aliphatic rings. The molecule has 0 aromatic heterocycles. The highest BCUT2D eigenvalue weighted by atomic mass is 35.5. The molecule has 158 valence electrons. The summed E-state index contributed by atoms with van der Waals surface area (Å²) >= 11 is 6.11. The predicted octanol–water partition coefficient (Wildman–Crippen LogP) is 3.47. The van der Waals surface area contributed by atoms with Gasteiger partial charge in [-0.05, 0) is 61.6 Å². The second-order valence-corrected chi connectivity index (χ2v) is 8.84. The average molecular weight is 426 g/mol. The van der Waals surface area contributed by atoms with Crippen LogP contribution in [0.2, 0.25) is 5.02 Å². The van der Waals surface area contributed by atoms with Gasteiger partial charge in [-0.15, -0.1) is 0 Å². The van der Waals surface area contributed by atoms with Gasteiger partial charge in [-0.25, -0.2) is 0 Å². The van der Waals surface area contributed by atoms with Crippen molar-refractivity contribution < 1.29 is 9.59 Å². The lowest BCUT2D eigenvalue weighted by Gasteiger charge is -2.21. The molecule has 0 radical (unpaired) electrons. The molecule has 5 nitrogen and oxygen atoms in total. The summed E-state index contributed by atoms with van der Waals surface area (Å²) in [6.07, 6.45) is 0.914. The first-order valence-electron chi connectivity index (χ1n) is 10.6. The fourth-order valence-electron chi connectivity index (χ4n) is 4.54. The van der Waals surface area contributed by atoms with Crippen molar-refractivity contribution in [2.24, 2.45) is 11.8 Å². The molecule has 2 aromatic carbocycles. The highest BCUT2D eigenvalue weighted by Crippen LogP contribution is 2.31. The predicted molar refractivity (Wildman–Crippen MR) is 119 cm³/mol. The molecule has 6 heteroatoms. The minimum atomic E-state index is -0.0785. The zero-order valence-electron chi connectivity index (χ0n) is 17.3. The number of hydrogen-bond acceptors (Lipinski definition) is 3. The fourth-order valence-corrected chi connectivity index (χ4v) is 4.72. The van der Waals surface area contributed by atoms with E-state index in [-0.39, 0.29) is 11.8 Å². The summed E-state index contributed by atoms with van der Waals surface area (Å²) in [6.45, 7) is 7.30. The molecule has 2 fully saturated rings. The Morgan fingerprint density at radius 2 is 1.70 bits per heavy atom. The molecule has 0 bridgehead atoms. The van der Waals surface area contributed by atoms with E-state index in [4.69, 9.17) is 11.6 Å². The van der Waals surface area contributed by atoms with Crippen molar-refractivity contribution in [1.82, 2.24) is 15.1 Å². The largest absolute Gasteiger partial charge is 0.352 e. The molecule has 2 atom stereocenters. The van der Waals surface area contributed by atoms with Gasteiger partial charge >= 0.3 is 0 Å². The van der Waals surface area contributed by atoms with E-state index < -0.39 is 0 Å². The van der Waals surface area contributed by atoms with Gasteiger partial charge in [0.05, 0.1) is 0 Å². The van der Waals surface area contributed by atoms with E-state index >= 15 is 0 Å². The molecule has 2 aromatic rings. The van der Waals surface area contributed by atoms with E-state index in [1.807, 2.05) is 48.2 Å². The van der Waals surface area contributed by atoms with Gasteiger partial charge in [0.25, 0.3) is 11.8 Å². The standard InChI is InChI=1S/C24H28ClN3O2/c1-17-8-9-19(12-22(17)25)23(29)26-10-5-11-27-13-20-15-28(16-21(20)14-27)24(30)18-6-3-2-4-7-18/h2-4,6-9,12,20-21H,5,10-11,13-16H2,1H3,(H,26,29). The van der Waals surface area contributed by atoms with Crippen molar-refractivity contribution in [3.63, 3.8) is 0 Å². The van der Waals surface area contributed by atoms with Crippen LogP contribution in [0.15, 0.2) is 48.5 Å². The lowest BCUT2D eigenvalue weighted by molar-refractivity contribution is 0.0774. The second-order valence-electron chi connectivity index (χ2n) is 8.43. The smallest absolute Gasteiger partial charge is 0.253 e. The van der Waals surface area contributed by atoms with Gasteiger partial charge in [-0.3, -0.25) is 9.59 Å². The van der Waals surface area contributed by atoms with E-state index in [1.54, 1.807) is 12.1 Å². The Morgan fingerprint density at radius 3 is 2.37 bits per heavy atom. The Bertz CT molecular complexity index is 904. The van der Waals surface area contributed by atoms with Crippen LogP contribution < -0.4 is 5.32 Å². The van der Waals surface area contributed by atoms with Crippen LogP contribution in [0, 0.1) is 18.8 Å². The monoisotopic (exact) mass is 425 g/mol. The van der Waals surface area contributed by atoms with Crippen molar-refractivity contribution in [2.45, 2.75) is 13.3 Å². The number of carbonyl (C=O) groups excluding carboxylic acids is 2. The Labute approximate surface area is 183 Å². The highest BCUT2D eigenvalue weighted by Gasteiger charge is 2.41. The lowest BCUT2D eigenvalue weighted by Crippen LogP contribution is -2.34. The minimum Gasteiger partial charge on any atom is -0.352 e. The normalized spacial score (nSPS) is 20.9. The van der Waals surface area contributed by atoms with Gasteiger partial charge in [0.15, 0.2) is 0 Å². The number of hydrogen-bond donors (Lipinski definition) is 1. The summed E-state index contributed by atoms with van der Waals surface area (Å²) in [6, 6.07) is 14.9. The average Bonchev–Trinajstić information content (AvgIpc) is 3.32. The summed E-state index contributed by atoms with van der Waals surface area (Å²) in [4.78, 5) is 29.4. The van der Waals surface area contributed by atoms with Crippen LogP contribution in [0.1, 0.15) is 32.7 Å². The Kier molecular flexibility index (Phi) is 6.40. The highest BCUT2D eigenvalue weighted by molar-refractivity contribution is 6.31. The fraction of sp³-hybridized carbons (Fsp3) is 0.417. The van der Waals surface area contributed by atoms with Crippen LogP contribution in [0.5, 0.6) is 0 Å². The number of carbonyl (C=O) groups is 2. The van der Waals surface area contributed by atoms with Gasteiger partial charge < -0.3 is 15.1 Å². The summed E-state index contributed by atoms with van der Waals surface area (Å²) in [7, 11) is 0. The maximum atomic E-state index is 12.7. The number of likely N-dealkylation sites (tertiary alicyclic amines) is 2. The van der Waals surface area contributed by atoms with Gasteiger partial charge in [0.1, 0.15) is 0 Å². The van der Waals surface area contributed by atoms with E-state index in [0.29, 0.717) is 29.0 Å². The summed E-state index contributed by atoms with van der Waals surface area (Å²) in [5.41, 5.74) is 2.35. The van der Waals surface area contributed by atoms with Crippen LogP contribution in [0.25, 0.3) is 0 Å². The zero-order chi connectivity index (χ0) is 21.1. The number of nitrogens with zero attached hydrogens (tertiary/aromatic N) is 2. The summed E-state index contributed by atoms with van der Waals surface area (Å²) < 4.78 is 0. The first-order valence-corrected chi connectivity index (χ1v) is 11.0. The van der Waals surface area contributed by atoms with E-state index in [0.717, 1.165) is 50.3 Å². The van der Waals surface area contributed by atoms with E-state index in [1.165, 1.54) is 0 Å². The molecule has 2 amide bonds. The third kappa shape index (κ3) is 4.68. The number of fused-ring (bicyclic) bond motifs is 1. The summed E-state index contributed by atoms with van der Waals surface area (Å²) in [5, 5.41) is 3.60. The molecule has 1 N–H and O–H groups in total. The lowest BCUT2D eigenvalue weighted by atomic mass is 10.0. The van der Waals surface area contributed by atoms with Crippen molar-refractivity contribution >= 4 is 23.4 Å². The first-order chi connectivity index (χ1) is 14.5. The van der Waals surface area contributed by atoms with Crippen molar-refractivity contribution in [2.75, 3.05) is 39.3 Å². The molecule has 2 heterocycles. The Hall–Kier alpha value is -2.37. The van der Waals surface area contributed by atoms with E-state index in [9.17, 15) is 9.59 Å². The minimum absolute atomic E-state index is 0.0785. The molecule has 0 saturated carbocycles. The van der Waals surface area contributed by atoms with Crippen molar-refractivity contribution in [3.05, 3.63) is 70.2 Å². The van der Waals surface area contributed by atoms with Gasteiger partial charge in [0.2, 0.25) is 0 Å². The van der Waals surface area contributed by atoms with E-state index in [2.05, 4.69) is 10.2 Å². The Morgan fingerprint density at radius 1 is 1.00 bits per heavy atom. The maximum Gasteiger partial charge on any atom is 0.253 e. The topological polar surface area (TPSA) is 52.7 Å². The van der Waals surface area contributed by atoms with Crippen LogP contribution in [-0.4, -0.2) is 60.9 Å². The van der Waals surface area contributed by atoms with Gasteiger partial charge in [-0.1, -0.05) is 35.9 Å². The van der Waals surface area contributed by atoms with Crippen LogP contribution in [0.4, 0.5) is 0 Å². The number of aryl methyl sites for hydroxylation is 1. The molecule has 2 aliphatic heterocycles. The van der Waals surface area contributed by atoms with Gasteiger partial charge in [0, 0.05) is 48.9 Å². The molecule has 2 unspecified atom stereocenters. The number of rotatable bonds is 6. The SMILES string of the molecule is Cc1ccc(C(=O)NCCCN2CC3CN(C(=O)c4ccccc4)CC3C2)cc1Cl. The molecular formula is C24H28ClN3O2. The molecule has 0 aliphatic carbocycles. The molecule has 30 heavy (non-hydrogen) atoms. The quantitative estimate of drug-likeness (QED) is 0.721. The first kappa shape index (κ1) is 20.9. The summed E-state index contributed by atoms with van der Waals surface area (Å²) in [5.74, 6) is 1.18. The van der Waals surface area contributed by atoms with Crippen molar-refractivity contribution in [3.8, 4) is 0 Å².